The highest BCUT2D eigenvalue weighted by Gasteiger charge is 2.16. The number of nitrogens with one attached hydrogen (secondary N) is 1. The minimum atomic E-state index is -3.14. The van der Waals surface area contributed by atoms with Crippen molar-refractivity contribution >= 4 is 15.9 Å². The molecule has 0 radical (unpaired) electrons. The molecule has 0 bridgehead atoms. The minimum absolute atomic E-state index is 0.0354. The second-order valence-corrected chi connectivity index (χ2v) is 6.60. The number of amides is 1. The van der Waals surface area contributed by atoms with E-state index in [4.69, 9.17) is 5.73 Å². The average Bonchev–Trinajstić information content (AvgIpc) is 2.33. The number of sulfonamides is 1. The van der Waals surface area contributed by atoms with Crippen LogP contribution >= 0.6 is 0 Å². The molecule has 19 heavy (non-hydrogen) atoms. The van der Waals surface area contributed by atoms with Gasteiger partial charge >= 0.3 is 0 Å². The van der Waals surface area contributed by atoms with E-state index in [0.29, 0.717) is 32.6 Å². The normalized spacial score (nSPS) is 13.5. The van der Waals surface area contributed by atoms with Crippen LogP contribution in [0.25, 0.3) is 0 Å². The van der Waals surface area contributed by atoms with Crippen LogP contribution < -0.4 is 11.1 Å². The van der Waals surface area contributed by atoms with Gasteiger partial charge in [0.15, 0.2) is 0 Å². The van der Waals surface area contributed by atoms with Gasteiger partial charge in [0.2, 0.25) is 15.9 Å². The van der Waals surface area contributed by atoms with Crippen molar-refractivity contribution in [2.75, 3.05) is 32.4 Å². The SMILES string of the molecule is CCCC(CN)C(=O)NCCCN(CC)S(C)(=O)=O. The van der Waals surface area contributed by atoms with E-state index in [9.17, 15) is 13.2 Å². The summed E-state index contributed by atoms with van der Waals surface area (Å²) < 4.78 is 24.1. The molecule has 0 aliphatic heterocycles. The number of nitrogens with zero attached hydrogens (tertiary/aromatic N) is 1. The predicted molar refractivity (Wildman–Crippen MR) is 77.2 cm³/mol. The van der Waals surface area contributed by atoms with Crippen molar-refractivity contribution in [2.24, 2.45) is 11.7 Å². The Morgan fingerprint density at radius 1 is 1.37 bits per heavy atom. The number of carbonyl (C=O) groups excluding carboxylic acids is 1. The Morgan fingerprint density at radius 2 is 2.00 bits per heavy atom. The Balaban J connectivity index is 4.00. The molecule has 7 heteroatoms. The molecule has 0 saturated carbocycles. The number of carbonyl (C=O) groups is 1. The van der Waals surface area contributed by atoms with Crippen LogP contribution in [-0.4, -0.2) is 51.1 Å². The molecular formula is C12H27N3O3S. The monoisotopic (exact) mass is 293 g/mol. The molecule has 0 heterocycles. The maximum Gasteiger partial charge on any atom is 0.224 e. The Kier molecular flexibility index (Phi) is 8.95. The van der Waals surface area contributed by atoms with Crippen LogP contribution in [0, 0.1) is 5.92 Å². The fourth-order valence-electron chi connectivity index (χ4n) is 1.87. The summed E-state index contributed by atoms with van der Waals surface area (Å²) in [6, 6.07) is 0. The molecule has 0 saturated heterocycles. The van der Waals surface area contributed by atoms with Gasteiger partial charge in [-0.25, -0.2) is 12.7 Å². The van der Waals surface area contributed by atoms with E-state index in [-0.39, 0.29) is 11.8 Å². The maximum absolute atomic E-state index is 11.8. The van der Waals surface area contributed by atoms with Crippen LogP contribution in [0.5, 0.6) is 0 Å². The Bertz CT molecular complexity index is 357. The van der Waals surface area contributed by atoms with Crippen molar-refractivity contribution in [1.82, 2.24) is 9.62 Å². The molecule has 0 aromatic rings. The first-order valence-corrected chi connectivity index (χ1v) is 8.64. The molecule has 6 nitrogen and oxygen atoms in total. The summed E-state index contributed by atoms with van der Waals surface area (Å²) in [7, 11) is -3.14. The zero-order valence-corrected chi connectivity index (χ0v) is 13.0. The average molecular weight is 293 g/mol. The van der Waals surface area contributed by atoms with Gasteiger partial charge in [0.1, 0.15) is 0 Å². The van der Waals surface area contributed by atoms with E-state index in [1.54, 1.807) is 6.92 Å². The van der Waals surface area contributed by atoms with E-state index in [0.717, 1.165) is 12.8 Å². The third-order valence-corrected chi connectivity index (χ3v) is 4.38. The van der Waals surface area contributed by atoms with Crippen LogP contribution in [0.15, 0.2) is 0 Å². The number of hydrogen-bond donors (Lipinski definition) is 2. The van der Waals surface area contributed by atoms with Crippen LogP contribution in [0.1, 0.15) is 33.1 Å². The van der Waals surface area contributed by atoms with Gasteiger partial charge in [0.05, 0.1) is 12.2 Å². The van der Waals surface area contributed by atoms with Gasteiger partial charge in [-0.1, -0.05) is 20.3 Å². The summed E-state index contributed by atoms with van der Waals surface area (Å²) in [6.45, 7) is 5.52. The molecule has 0 fully saturated rings. The van der Waals surface area contributed by atoms with Crippen molar-refractivity contribution in [3.63, 3.8) is 0 Å². The van der Waals surface area contributed by atoms with Crippen LogP contribution in [-0.2, 0) is 14.8 Å². The fourth-order valence-corrected chi connectivity index (χ4v) is 2.80. The molecule has 0 aromatic heterocycles. The molecule has 0 aliphatic carbocycles. The zero-order valence-electron chi connectivity index (χ0n) is 12.2. The Labute approximate surface area is 116 Å². The molecule has 0 aromatic carbocycles. The lowest BCUT2D eigenvalue weighted by molar-refractivity contribution is -0.124. The van der Waals surface area contributed by atoms with Gasteiger partial charge in [-0.05, 0) is 12.8 Å². The summed E-state index contributed by atoms with van der Waals surface area (Å²) in [5, 5.41) is 2.81. The van der Waals surface area contributed by atoms with Crippen molar-refractivity contribution < 1.29 is 13.2 Å². The molecule has 114 valence electrons. The summed E-state index contributed by atoms with van der Waals surface area (Å²) in [4.78, 5) is 11.8. The van der Waals surface area contributed by atoms with E-state index in [2.05, 4.69) is 5.32 Å². The topological polar surface area (TPSA) is 92.5 Å². The molecule has 1 atom stereocenters. The number of nitrogens with two attached hydrogens (primary N) is 1. The Hall–Kier alpha value is -0.660. The lowest BCUT2D eigenvalue weighted by Crippen LogP contribution is -2.37. The van der Waals surface area contributed by atoms with Crippen molar-refractivity contribution in [3.8, 4) is 0 Å². The van der Waals surface area contributed by atoms with E-state index in [1.165, 1.54) is 10.6 Å². The molecule has 3 N–H and O–H groups in total. The first-order chi connectivity index (χ1) is 8.86. The maximum atomic E-state index is 11.8. The summed E-state index contributed by atoms with van der Waals surface area (Å²) >= 11 is 0. The van der Waals surface area contributed by atoms with Gasteiger partial charge in [0.25, 0.3) is 0 Å². The fraction of sp³-hybridized carbons (Fsp3) is 0.917. The second-order valence-electron chi connectivity index (χ2n) is 4.62. The quantitative estimate of drug-likeness (QED) is 0.561. The van der Waals surface area contributed by atoms with Crippen molar-refractivity contribution in [1.29, 1.82) is 0 Å². The predicted octanol–water partition coefficient (Wildman–Crippen LogP) is 0.149. The van der Waals surface area contributed by atoms with Gasteiger partial charge < -0.3 is 11.1 Å². The minimum Gasteiger partial charge on any atom is -0.356 e. The van der Waals surface area contributed by atoms with Crippen LogP contribution in [0.2, 0.25) is 0 Å². The number of rotatable bonds is 10. The highest BCUT2D eigenvalue weighted by molar-refractivity contribution is 7.88. The van der Waals surface area contributed by atoms with Crippen LogP contribution in [0.4, 0.5) is 0 Å². The van der Waals surface area contributed by atoms with Gasteiger partial charge in [-0.3, -0.25) is 4.79 Å². The lowest BCUT2D eigenvalue weighted by Gasteiger charge is -2.18. The van der Waals surface area contributed by atoms with Crippen molar-refractivity contribution in [3.05, 3.63) is 0 Å². The molecule has 0 rings (SSSR count). The van der Waals surface area contributed by atoms with E-state index in [1.807, 2.05) is 6.92 Å². The molecule has 1 amide bonds. The third kappa shape index (κ3) is 7.49. The molecule has 0 aliphatic rings. The first-order valence-electron chi connectivity index (χ1n) is 6.79. The summed E-state index contributed by atoms with van der Waals surface area (Å²) in [5.74, 6) is -0.172. The van der Waals surface area contributed by atoms with Crippen molar-refractivity contribution in [2.45, 2.75) is 33.1 Å². The largest absolute Gasteiger partial charge is 0.356 e. The zero-order chi connectivity index (χ0) is 14.9. The van der Waals surface area contributed by atoms with Gasteiger partial charge in [-0.2, -0.15) is 0 Å². The van der Waals surface area contributed by atoms with Gasteiger partial charge in [-0.15, -0.1) is 0 Å². The second kappa shape index (κ2) is 9.28. The smallest absolute Gasteiger partial charge is 0.224 e. The summed E-state index contributed by atoms with van der Waals surface area (Å²) in [6.07, 6.45) is 3.51. The van der Waals surface area contributed by atoms with E-state index >= 15 is 0 Å². The highest BCUT2D eigenvalue weighted by atomic mass is 32.2. The summed E-state index contributed by atoms with van der Waals surface area (Å²) in [5.41, 5.74) is 5.54. The van der Waals surface area contributed by atoms with Crippen LogP contribution in [0.3, 0.4) is 0 Å². The first kappa shape index (κ1) is 18.3. The number of hydrogen-bond acceptors (Lipinski definition) is 4. The van der Waals surface area contributed by atoms with E-state index < -0.39 is 10.0 Å². The molecule has 0 spiro atoms. The molecular weight excluding hydrogens is 266 g/mol. The Morgan fingerprint density at radius 3 is 2.42 bits per heavy atom. The lowest BCUT2D eigenvalue weighted by atomic mass is 10.0. The van der Waals surface area contributed by atoms with Gasteiger partial charge in [0, 0.05) is 26.2 Å². The molecule has 1 unspecified atom stereocenters. The third-order valence-electron chi connectivity index (χ3n) is 3.00. The standard InChI is InChI=1S/C12H27N3O3S/c1-4-7-11(10-13)12(16)14-8-6-9-15(5-2)19(3,17)18/h11H,4-10,13H2,1-3H3,(H,14,16). The highest BCUT2D eigenvalue weighted by Crippen LogP contribution is 2.04.